The van der Waals surface area contributed by atoms with Crippen LogP contribution in [-0.4, -0.2) is 30.8 Å². The normalized spacial score (nSPS) is 11.8. The number of hydrogen-bond donors (Lipinski definition) is 2. The molecule has 1 aromatic rings. The number of ether oxygens (including phenoxy) is 1. The zero-order valence-corrected chi connectivity index (χ0v) is 10.0. The van der Waals surface area contributed by atoms with E-state index in [9.17, 15) is 4.79 Å². The first kappa shape index (κ1) is 15.0. The van der Waals surface area contributed by atoms with Crippen molar-refractivity contribution in [2.24, 2.45) is 5.73 Å². The number of esters is 1. The first-order chi connectivity index (χ1) is 7.08. The van der Waals surface area contributed by atoms with E-state index in [4.69, 9.17) is 15.3 Å². The average Bonchev–Trinajstić information content (AvgIpc) is 2.58. The lowest BCUT2D eigenvalue weighted by Crippen LogP contribution is -2.26. The molecule has 0 saturated carbocycles. The summed E-state index contributed by atoms with van der Waals surface area (Å²) in [4.78, 5) is 11.2. The van der Waals surface area contributed by atoms with Gasteiger partial charge in [0.15, 0.2) is 0 Å². The number of aliphatic hydroxyl groups excluding tert-OH is 1. The van der Waals surface area contributed by atoms with E-state index in [2.05, 4.69) is 4.74 Å². The summed E-state index contributed by atoms with van der Waals surface area (Å²) in [5.74, 6) is 0.650. The van der Waals surface area contributed by atoms with Crippen LogP contribution in [0.4, 0.5) is 0 Å². The molecule has 0 aromatic carbocycles. The molecule has 1 aromatic heterocycles. The number of rotatable bonds is 4. The summed E-state index contributed by atoms with van der Waals surface area (Å²) in [7, 11) is 1.31. The van der Waals surface area contributed by atoms with Crippen molar-refractivity contribution in [1.29, 1.82) is 0 Å². The summed E-state index contributed by atoms with van der Waals surface area (Å²) < 4.78 is 9.90. The number of carbonyl (C=O) groups excluding carboxylic acids is 1. The molecule has 0 fully saturated rings. The fraction of sp³-hybridized carbons (Fsp3) is 0.500. The van der Waals surface area contributed by atoms with Crippen LogP contribution in [-0.2, 0) is 11.2 Å². The summed E-state index contributed by atoms with van der Waals surface area (Å²) in [5, 5.41) is 8.77. The Kier molecular flexibility index (Phi) is 6.10. The quantitative estimate of drug-likeness (QED) is 0.766. The minimum Gasteiger partial charge on any atom is -0.465 e. The van der Waals surface area contributed by atoms with Crippen LogP contribution in [0.25, 0.3) is 0 Å². The van der Waals surface area contributed by atoms with Gasteiger partial charge in [-0.05, 0) is 13.0 Å². The van der Waals surface area contributed by atoms with Gasteiger partial charge < -0.3 is 20.0 Å². The lowest BCUT2D eigenvalue weighted by Gasteiger charge is -2.03. The van der Waals surface area contributed by atoms with Gasteiger partial charge in [-0.3, -0.25) is 0 Å². The molecule has 1 unspecified atom stereocenters. The van der Waals surface area contributed by atoms with Crippen LogP contribution < -0.4 is 5.73 Å². The Morgan fingerprint density at radius 2 is 2.31 bits per heavy atom. The number of furan rings is 1. The number of aliphatic hydroxyl groups is 1. The van der Waals surface area contributed by atoms with Crippen molar-refractivity contribution >= 4 is 18.4 Å². The van der Waals surface area contributed by atoms with Crippen LogP contribution in [0, 0.1) is 6.92 Å². The maximum atomic E-state index is 11.2. The van der Waals surface area contributed by atoms with Gasteiger partial charge in [-0.25, -0.2) is 4.79 Å². The highest BCUT2D eigenvalue weighted by molar-refractivity contribution is 5.90. The summed E-state index contributed by atoms with van der Waals surface area (Å²) in [6.45, 7) is 1.56. The molecule has 1 rings (SSSR count). The van der Waals surface area contributed by atoms with Gasteiger partial charge in [-0.2, -0.15) is 0 Å². The second kappa shape index (κ2) is 6.52. The number of methoxy groups -OCH3 is 1. The Labute approximate surface area is 100.0 Å². The molecule has 0 aliphatic heterocycles. The van der Waals surface area contributed by atoms with E-state index >= 15 is 0 Å². The molecule has 1 atom stereocenters. The highest BCUT2D eigenvalue weighted by Gasteiger charge is 2.16. The Morgan fingerprint density at radius 3 is 2.81 bits per heavy atom. The molecule has 0 amide bonds. The van der Waals surface area contributed by atoms with Gasteiger partial charge in [0.05, 0.1) is 13.7 Å². The average molecular weight is 250 g/mol. The van der Waals surface area contributed by atoms with Crippen LogP contribution in [0.1, 0.15) is 21.9 Å². The second-order valence-electron chi connectivity index (χ2n) is 3.32. The Balaban J connectivity index is 0.00000225. The molecule has 0 saturated heterocycles. The predicted molar refractivity (Wildman–Crippen MR) is 60.8 cm³/mol. The Hall–Kier alpha value is -1.04. The molecule has 16 heavy (non-hydrogen) atoms. The monoisotopic (exact) mass is 249 g/mol. The van der Waals surface area contributed by atoms with Crippen molar-refractivity contribution in [1.82, 2.24) is 0 Å². The molecule has 6 heteroatoms. The standard InChI is InChI=1S/C10H15NO4.ClH/c1-6-9(10(13)14-2)4-8(15-6)3-7(11)5-12;/h4,7,12H,3,5,11H2,1-2H3;1H. The van der Waals surface area contributed by atoms with E-state index in [0.717, 1.165) is 0 Å². The zero-order valence-electron chi connectivity index (χ0n) is 9.23. The third-order valence-corrected chi connectivity index (χ3v) is 2.07. The summed E-state index contributed by atoms with van der Waals surface area (Å²) in [6, 6.07) is 1.22. The fourth-order valence-electron chi connectivity index (χ4n) is 1.28. The van der Waals surface area contributed by atoms with Gasteiger partial charge in [0.1, 0.15) is 17.1 Å². The Morgan fingerprint density at radius 1 is 1.69 bits per heavy atom. The van der Waals surface area contributed by atoms with Crippen LogP contribution in [0.2, 0.25) is 0 Å². The number of aryl methyl sites for hydroxylation is 1. The number of nitrogens with two attached hydrogens (primary N) is 1. The van der Waals surface area contributed by atoms with E-state index in [0.29, 0.717) is 23.5 Å². The highest BCUT2D eigenvalue weighted by atomic mass is 35.5. The first-order valence-electron chi connectivity index (χ1n) is 4.62. The van der Waals surface area contributed by atoms with Gasteiger partial charge >= 0.3 is 5.97 Å². The molecule has 0 aliphatic carbocycles. The topological polar surface area (TPSA) is 85.7 Å². The van der Waals surface area contributed by atoms with Gasteiger partial charge in [-0.15, -0.1) is 12.4 Å². The smallest absolute Gasteiger partial charge is 0.341 e. The van der Waals surface area contributed by atoms with Crippen LogP contribution in [0.3, 0.4) is 0 Å². The van der Waals surface area contributed by atoms with Gasteiger partial charge in [0, 0.05) is 12.5 Å². The second-order valence-corrected chi connectivity index (χ2v) is 3.32. The van der Waals surface area contributed by atoms with E-state index in [1.165, 1.54) is 7.11 Å². The zero-order chi connectivity index (χ0) is 11.4. The van der Waals surface area contributed by atoms with Crippen LogP contribution in [0.5, 0.6) is 0 Å². The van der Waals surface area contributed by atoms with Crippen molar-refractivity contribution in [3.63, 3.8) is 0 Å². The van der Waals surface area contributed by atoms with E-state index in [-0.39, 0.29) is 25.1 Å². The highest BCUT2D eigenvalue weighted by Crippen LogP contribution is 2.16. The van der Waals surface area contributed by atoms with Crippen LogP contribution in [0.15, 0.2) is 10.5 Å². The lowest BCUT2D eigenvalue weighted by molar-refractivity contribution is 0.0599. The molecule has 1 heterocycles. The molecule has 0 spiro atoms. The molecule has 0 radical (unpaired) electrons. The minimum atomic E-state index is -0.430. The molecular weight excluding hydrogens is 234 g/mol. The summed E-state index contributed by atoms with van der Waals surface area (Å²) >= 11 is 0. The summed E-state index contributed by atoms with van der Waals surface area (Å²) in [5.41, 5.74) is 5.95. The molecule has 3 N–H and O–H groups in total. The van der Waals surface area contributed by atoms with E-state index < -0.39 is 5.97 Å². The number of halogens is 1. The predicted octanol–water partition coefficient (Wildman–Crippen LogP) is 0.659. The van der Waals surface area contributed by atoms with Crippen LogP contribution >= 0.6 is 12.4 Å². The molecule has 92 valence electrons. The fourth-order valence-corrected chi connectivity index (χ4v) is 1.28. The van der Waals surface area contributed by atoms with Crippen molar-refractivity contribution in [3.8, 4) is 0 Å². The maximum absolute atomic E-state index is 11.2. The van der Waals surface area contributed by atoms with Crippen molar-refractivity contribution < 1.29 is 19.1 Å². The first-order valence-corrected chi connectivity index (χ1v) is 4.62. The largest absolute Gasteiger partial charge is 0.465 e. The third kappa shape index (κ3) is 3.52. The third-order valence-electron chi connectivity index (χ3n) is 2.07. The van der Waals surface area contributed by atoms with Crippen molar-refractivity contribution in [2.45, 2.75) is 19.4 Å². The minimum absolute atomic E-state index is 0. The van der Waals surface area contributed by atoms with Crippen molar-refractivity contribution in [2.75, 3.05) is 13.7 Å². The maximum Gasteiger partial charge on any atom is 0.341 e. The molecule has 0 bridgehead atoms. The number of carbonyl (C=O) groups is 1. The van der Waals surface area contributed by atoms with Gasteiger partial charge in [0.25, 0.3) is 0 Å². The van der Waals surface area contributed by atoms with Crippen molar-refractivity contribution in [3.05, 3.63) is 23.2 Å². The molecule has 0 aliphatic rings. The molecule has 5 nitrogen and oxygen atoms in total. The SMILES string of the molecule is COC(=O)c1cc(CC(N)CO)oc1C.Cl. The van der Waals surface area contributed by atoms with E-state index in [1.54, 1.807) is 13.0 Å². The van der Waals surface area contributed by atoms with Gasteiger partial charge in [0.2, 0.25) is 0 Å². The van der Waals surface area contributed by atoms with E-state index in [1.807, 2.05) is 0 Å². The van der Waals surface area contributed by atoms with Gasteiger partial charge in [-0.1, -0.05) is 0 Å². The Bertz CT molecular complexity index is 351. The molecular formula is C10H16ClNO4. The number of hydrogen-bond acceptors (Lipinski definition) is 5. The lowest BCUT2D eigenvalue weighted by atomic mass is 10.1. The summed E-state index contributed by atoms with van der Waals surface area (Å²) in [6.07, 6.45) is 0.397.